The summed E-state index contributed by atoms with van der Waals surface area (Å²) in [5.74, 6) is -1.45. The highest BCUT2D eigenvalue weighted by molar-refractivity contribution is 5.99. The van der Waals surface area contributed by atoms with Crippen LogP contribution in [0.3, 0.4) is 0 Å². The lowest BCUT2D eigenvalue weighted by Gasteiger charge is -2.46. The van der Waals surface area contributed by atoms with Crippen LogP contribution in [0.4, 0.5) is 13.2 Å². The number of morpholine rings is 1. The first-order valence-electron chi connectivity index (χ1n) is 12.4. The zero-order valence-electron chi connectivity index (χ0n) is 22.0. The molecule has 2 aromatic heterocycles. The Morgan fingerprint density at radius 3 is 2.55 bits per heavy atom. The molecule has 0 aliphatic carbocycles. The SMILES string of the molecule is COc1ccc(-c2nc(C(=O)N3CCN4C(=O)C(C)(C)OC(=O)C4C3)c([C@H](C)N)o2)c2ccc(C(F)(F)F)nc12. The summed E-state index contributed by atoms with van der Waals surface area (Å²) in [4.78, 5) is 49.9. The summed E-state index contributed by atoms with van der Waals surface area (Å²) in [6.07, 6.45) is -4.67. The highest BCUT2D eigenvalue weighted by atomic mass is 19.4. The number of piperazine rings is 1. The predicted molar refractivity (Wildman–Crippen MR) is 133 cm³/mol. The van der Waals surface area contributed by atoms with E-state index in [1.54, 1.807) is 6.92 Å². The van der Waals surface area contributed by atoms with E-state index in [2.05, 4.69) is 9.97 Å². The smallest absolute Gasteiger partial charge is 0.433 e. The van der Waals surface area contributed by atoms with Crippen molar-refractivity contribution in [3.05, 3.63) is 41.4 Å². The summed E-state index contributed by atoms with van der Waals surface area (Å²) in [5.41, 5.74) is 3.79. The molecule has 0 radical (unpaired) electrons. The van der Waals surface area contributed by atoms with Gasteiger partial charge in [-0.25, -0.2) is 14.8 Å². The number of carbonyl (C=O) groups is 3. The van der Waals surface area contributed by atoms with Crippen LogP contribution in [-0.2, 0) is 20.5 Å². The number of alkyl halides is 3. The molecule has 3 aromatic rings. The van der Waals surface area contributed by atoms with Gasteiger partial charge in [-0.05, 0) is 45.0 Å². The molecule has 2 saturated heterocycles. The lowest BCUT2D eigenvalue weighted by molar-refractivity contribution is -0.191. The number of amides is 2. The fourth-order valence-corrected chi connectivity index (χ4v) is 4.88. The monoisotopic (exact) mass is 561 g/mol. The molecule has 2 amide bonds. The number of aromatic nitrogens is 2. The van der Waals surface area contributed by atoms with Crippen LogP contribution >= 0.6 is 0 Å². The van der Waals surface area contributed by atoms with Crippen molar-refractivity contribution in [2.75, 3.05) is 26.7 Å². The average molecular weight is 562 g/mol. The molecule has 2 atom stereocenters. The van der Waals surface area contributed by atoms with Crippen LogP contribution < -0.4 is 10.5 Å². The molecule has 0 saturated carbocycles. The van der Waals surface area contributed by atoms with Gasteiger partial charge in [0.2, 0.25) is 5.89 Å². The van der Waals surface area contributed by atoms with Gasteiger partial charge in [-0.3, -0.25) is 9.59 Å². The summed E-state index contributed by atoms with van der Waals surface area (Å²) >= 11 is 0. The first-order valence-corrected chi connectivity index (χ1v) is 12.4. The van der Waals surface area contributed by atoms with Gasteiger partial charge < -0.3 is 29.4 Å². The Kier molecular flexibility index (Phi) is 6.48. The zero-order chi connectivity index (χ0) is 29.1. The lowest BCUT2D eigenvalue weighted by Crippen LogP contribution is -2.67. The van der Waals surface area contributed by atoms with Gasteiger partial charge in [0.1, 0.15) is 23.0 Å². The molecular weight excluding hydrogens is 535 g/mol. The number of halogens is 3. The first kappa shape index (κ1) is 27.4. The quantitative estimate of drug-likeness (QED) is 0.476. The Morgan fingerprint density at radius 1 is 1.18 bits per heavy atom. The Morgan fingerprint density at radius 2 is 1.90 bits per heavy atom. The van der Waals surface area contributed by atoms with Gasteiger partial charge >= 0.3 is 12.1 Å². The van der Waals surface area contributed by atoms with Crippen molar-refractivity contribution in [2.45, 2.75) is 44.6 Å². The lowest BCUT2D eigenvalue weighted by atomic mass is 10.00. The van der Waals surface area contributed by atoms with E-state index in [0.29, 0.717) is 0 Å². The molecule has 1 aromatic carbocycles. The summed E-state index contributed by atoms with van der Waals surface area (Å²) in [6, 6.07) is 3.27. The highest BCUT2D eigenvalue weighted by Gasteiger charge is 2.50. The Balaban J connectivity index is 1.52. The second-order valence-electron chi connectivity index (χ2n) is 10.1. The van der Waals surface area contributed by atoms with E-state index in [1.807, 2.05) is 0 Å². The van der Waals surface area contributed by atoms with Gasteiger partial charge in [0, 0.05) is 24.0 Å². The number of carbonyl (C=O) groups excluding carboxylic acids is 3. The van der Waals surface area contributed by atoms with Crippen molar-refractivity contribution >= 4 is 28.7 Å². The van der Waals surface area contributed by atoms with Crippen molar-refractivity contribution < 1.29 is 41.4 Å². The number of hydrogen-bond acceptors (Lipinski definition) is 9. The number of nitrogens with zero attached hydrogens (tertiary/aromatic N) is 4. The fraction of sp³-hybridized carbons (Fsp3) is 0.423. The molecule has 11 nitrogen and oxygen atoms in total. The van der Waals surface area contributed by atoms with Crippen molar-refractivity contribution in [3.63, 3.8) is 0 Å². The maximum Gasteiger partial charge on any atom is 0.433 e. The van der Waals surface area contributed by atoms with Crippen molar-refractivity contribution in [1.82, 2.24) is 19.8 Å². The van der Waals surface area contributed by atoms with Crippen LogP contribution in [0.25, 0.3) is 22.4 Å². The molecule has 5 rings (SSSR count). The van der Waals surface area contributed by atoms with E-state index in [0.717, 1.165) is 6.07 Å². The number of esters is 1. The predicted octanol–water partition coefficient (Wildman–Crippen LogP) is 2.93. The third-order valence-electron chi connectivity index (χ3n) is 6.90. The number of cyclic esters (lactones) is 1. The molecule has 0 spiro atoms. The first-order chi connectivity index (χ1) is 18.7. The largest absolute Gasteiger partial charge is 0.494 e. The molecule has 40 heavy (non-hydrogen) atoms. The van der Waals surface area contributed by atoms with E-state index < -0.39 is 41.4 Å². The van der Waals surface area contributed by atoms with E-state index in [9.17, 15) is 27.6 Å². The van der Waals surface area contributed by atoms with Crippen LogP contribution in [0, 0.1) is 0 Å². The number of benzene rings is 1. The summed E-state index contributed by atoms with van der Waals surface area (Å²) < 4.78 is 56.4. The van der Waals surface area contributed by atoms with E-state index in [-0.39, 0.29) is 65.1 Å². The Hall–Kier alpha value is -4.20. The van der Waals surface area contributed by atoms with Crippen molar-refractivity contribution in [2.24, 2.45) is 5.73 Å². The number of oxazole rings is 1. The van der Waals surface area contributed by atoms with Crippen LogP contribution in [0.15, 0.2) is 28.7 Å². The molecule has 4 heterocycles. The molecule has 212 valence electrons. The number of ether oxygens (including phenoxy) is 2. The molecule has 2 aliphatic heterocycles. The van der Waals surface area contributed by atoms with Crippen molar-refractivity contribution in [1.29, 1.82) is 0 Å². The number of hydrogen-bond donors (Lipinski definition) is 1. The maximum atomic E-state index is 13.6. The highest BCUT2D eigenvalue weighted by Crippen LogP contribution is 2.38. The normalized spacial score (nSPS) is 19.9. The molecule has 14 heteroatoms. The van der Waals surface area contributed by atoms with Crippen LogP contribution in [0.1, 0.15) is 48.8 Å². The second kappa shape index (κ2) is 9.47. The minimum atomic E-state index is -4.67. The number of methoxy groups -OCH3 is 1. The van der Waals surface area contributed by atoms with Gasteiger partial charge in [0.15, 0.2) is 17.1 Å². The number of rotatable bonds is 4. The van der Waals surface area contributed by atoms with Crippen molar-refractivity contribution in [3.8, 4) is 17.2 Å². The number of nitrogens with two attached hydrogens (primary N) is 1. The third kappa shape index (κ3) is 4.51. The minimum absolute atomic E-state index is 0.0506. The molecule has 2 aliphatic rings. The topological polar surface area (TPSA) is 141 Å². The summed E-state index contributed by atoms with van der Waals surface area (Å²) in [6.45, 7) is 4.73. The number of pyridine rings is 1. The van der Waals surface area contributed by atoms with E-state index >= 15 is 0 Å². The maximum absolute atomic E-state index is 13.6. The van der Waals surface area contributed by atoms with Crippen LogP contribution in [-0.4, -0.2) is 75.9 Å². The van der Waals surface area contributed by atoms with Gasteiger partial charge in [-0.15, -0.1) is 0 Å². The molecule has 0 bridgehead atoms. The Labute approximate surface area is 226 Å². The van der Waals surface area contributed by atoms with E-state index in [1.165, 1.54) is 49.0 Å². The molecule has 1 unspecified atom stereocenters. The summed E-state index contributed by atoms with van der Waals surface area (Å²) in [5, 5.41) is 0.253. The second-order valence-corrected chi connectivity index (χ2v) is 10.1. The van der Waals surface area contributed by atoms with Gasteiger partial charge in [0.05, 0.1) is 19.7 Å². The third-order valence-corrected chi connectivity index (χ3v) is 6.90. The molecule has 2 N–H and O–H groups in total. The average Bonchev–Trinajstić information content (AvgIpc) is 3.35. The standard InChI is InChI=1S/C26H26F3N5O6/c1-12(30)20-19(22(35)33-9-10-34-15(11-33)23(36)40-25(2,3)24(34)37)32-21(39-20)14-5-7-16(38-4)18-13(14)6-8-17(31-18)26(27,28)29/h5-8,12,15H,9-11,30H2,1-4H3/t12-,15?/m0/s1. The van der Waals surface area contributed by atoms with Gasteiger partial charge in [0.25, 0.3) is 11.8 Å². The Bertz CT molecular complexity index is 1530. The van der Waals surface area contributed by atoms with Gasteiger partial charge in [-0.2, -0.15) is 13.2 Å². The van der Waals surface area contributed by atoms with E-state index in [4.69, 9.17) is 19.6 Å². The van der Waals surface area contributed by atoms with Gasteiger partial charge in [-0.1, -0.05) is 0 Å². The summed E-state index contributed by atoms with van der Waals surface area (Å²) in [7, 11) is 1.31. The molecular formula is C26H26F3N5O6. The number of fused-ring (bicyclic) bond motifs is 2. The zero-order valence-corrected chi connectivity index (χ0v) is 22.0. The van der Waals surface area contributed by atoms with Crippen LogP contribution in [0.2, 0.25) is 0 Å². The molecule has 2 fully saturated rings. The minimum Gasteiger partial charge on any atom is -0.494 e. The van der Waals surface area contributed by atoms with Crippen LogP contribution in [0.5, 0.6) is 5.75 Å². The fourth-order valence-electron chi connectivity index (χ4n) is 4.88.